The summed E-state index contributed by atoms with van der Waals surface area (Å²) in [5, 5.41) is 24.2. The highest BCUT2D eigenvalue weighted by Crippen LogP contribution is 2.35. The molecular weight excluding hydrogens is 426 g/mol. The predicted octanol–water partition coefficient (Wildman–Crippen LogP) is 1.90. The first-order chi connectivity index (χ1) is 16.0. The SMILES string of the molecule is COc1cc(Nc2nccc(-c3cccc(CNC(CO)C(=O)O)c3)n2)cc(CN)c1OC. The minimum Gasteiger partial charge on any atom is -0.493 e. The van der Waals surface area contributed by atoms with Gasteiger partial charge in [-0.05, 0) is 23.8 Å². The maximum Gasteiger partial charge on any atom is 0.323 e. The molecule has 6 N–H and O–H groups in total. The molecule has 0 aliphatic heterocycles. The van der Waals surface area contributed by atoms with Crippen molar-refractivity contribution in [2.45, 2.75) is 19.1 Å². The Morgan fingerprint density at radius 1 is 1.18 bits per heavy atom. The monoisotopic (exact) mass is 453 g/mol. The second-order valence-electron chi connectivity index (χ2n) is 7.12. The molecule has 0 aliphatic carbocycles. The van der Waals surface area contributed by atoms with Gasteiger partial charge in [0, 0.05) is 42.2 Å². The molecule has 0 saturated heterocycles. The van der Waals surface area contributed by atoms with Gasteiger partial charge in [0.05, 0.1) is 26.5 Å². The average Bonchev–Trinajstić information content (AvgIpc) is 2.84. The van der Waals surface area contributed by atoms with Crippen LogP contribution >= 0.6 is 0 Å². The molecule has 1 aromatic heterocycles. The van der Waals surface area contributed by atoms with Gasteiger partial charge >= 0.3 is 5.97 Å². The second-order valence-corrected chi connectivity index (χ2v) is 7.12. The van der Waals surface area contributed by atoms with E-state index < -0.39 is 18.6 Å². The van der Waals surface area contributed by atoms with E-state index in [0.29, 0.717) is 28.8 Å². The zero-order valence-corrected chi connectivity index (χ0v) is 18.4. The number of hydrogen-bond donors (Lipinski definition) is 5. The molecule has 0 aliphatic rings. The van der Waals surface area contributed by atoms with Gasteiger partial charge in [-0.1, -0.05) is 18.2 Å². The number of benzene rings is 2. The number of methoxy groups -OCH3 is 2. The molecule has 1 unspecified atom stereocenters. The van der Waals surface area contributed by atoms with Gasteiger partial charge in [0.1, 0.15) is 6.04 Å². The van der Waals surface area contributed by atoms with Crippen molar-refractivity contribution in [2.24, 2.45) is 5.73 Å². The van der Waals surface area contributed by atoms with Crippen LogP contribution in [0.1, 0.15) is 11.1 Å². The largest absolute Gasteiger partial charge is 0.493 e. The Morgan fingerprint density at radius 2 is 2.00 bits per heavy atom. The number of nitrogens with two attached hydrogens (primary N) is 1. The normalized spacial score (nSPS) is 11.6. The average molecular weight is 453 g/mol. The summed E-state index contributed by atoms with van der Waals surface area (Å²) in [5.74, 6) is 0.407. The van der Waals surface area contributed by atoms with E-state index in [2.05, 4.69) is 20.6 Å². The molecule has 1 heterocycles. The van der Waals surface area contributed by atoms with E-state index in [1.165, 1.54) is 0 Å². The Bertz CT molecular complexity index is 1080. The van der Waals surface area contributed by atoms with Gasteiger partial charge in [-0.25, -0.2) is 9.97 Å². The number of rotatable bonds is 11. The van der Waals surface area contributed by atoms with Crippen molar-refractivity contribution in [3.8, 4) is 22.8 Å². The fraction of sp³-hybridized carbons (Fsp3) is 0.261. The van der Waals surface area contributed by atoms with Crippen LogP contribution in [0.3, 0.4) is 0 Å². The number of hydrogen-bond acceptors (Lipinski definition) is 9. The van der Waals surface area contributed by atoms with Crippen LogP contribution in [-0.4, -0.2) is 53.0 Å². The molecule has 33 heavy (non-hydrogen) atoms. The van der Waals surface area contributed by atoms with E-state index >= 15 is 0 Å². The summed E-state index contributed by atoms with van der Waals surface area (Å²) in [7, 11) is 3.12. The zero-order valence-electron chi connectivity index (χ0n) is 18.4. The third kappa shape index (κ3) is 5.95. The van der Waals surface area contributed by atoms with Crippen molar-refractivity contribution in [1.29, 1.82) is 0 Å². The van der Waals surface area contributed by atoms with Crippen LogP contribution in [0, 0.1) is 0 Å². The van der Waals surface area contributed by atoms with Crippen LogP contribution in [0.15, 0.2) is 48.7 Å². The Morgan fingerprint density at radius 3 is 2.67 bits per heavy atom. The summed E-state index contributed by atoms with van der Waals surface area (Å²) in [6.07, 6.45) is 1.65. The van der Waals surface area contributed by atoms with Crippen LogP contribution in [-0.2, 0) is 17.9 Å². The minimum absolute atomic E-state index is 0.274. The second kappa shape index (κ2) is 11.2. The molecule has 0 radical (unpaired) electrons. The molecular formula is C23H27N5O5. The first-order valence-corrected chi connectivity index (χ1v) is 10.2. The van der Waals surface area contributed by atoms with E-state index in [0.717, 1.165) is 16.7 Å². The van der Waals surface area contributed by atoms with Gasteiger partial charge in [-0.3, -0.25) is 10.1 Å². The molecule has 0 bridgehead atoms. The summed E-state index contributed by atoms with van der Waals surface area (Å²) in [4.78, 5) is 20.0. The third-order valence-electron chi connectivity index (χ3n) is 4.94. The van der Waals surface area contributed by atoms with Gasteiger partial charge in [0.15, 0.2) is 11.5 Å². The lowest BCUT2D eigenvalue weighted by atomic mass is 10.1. The van der Waals surface area contributed by atoms with Crippen LogP contribution < -0.4 is 25.8 Å². The number of aliphatic hydroxyl groups is 1. The summed E-state index contributed by atoms with van der Waals surface area (Å²) >= 11 is 0. The van der Waals surface area contributed by atoms with Crippen molar-refractivity contribution in [3.63, 3.8) is 0 Å². The molecule has 10 heteroatoms. The smallest absolute Gasteiger partial charge is 0.323 e. The number of carboxylic acid groups (broad SMARTS) is 1. The third-order valence-corrected chi connectivity index (χ3v) is 4.94. The lowest BCUT2D eigenvalue weighted by Gasteiger charge is -2.15. The van der Waals surface area contributed by atoms with E-state index in [-0.39, 0.29) is 13.1 Å². The van der Waals surface area contributed by atoms with Crippen molar-refractivity contribution >= 4 is 17.6 Å². The number of aliphatic hydroxyl groups excluding tert-OH is 1. The van der Waals surface area contributed by atoms with Crippen LogP contribution in [0.4, 0.5) is 11.6 Å². The van der Waals surface area contributed by atoms with Crippen LogP contribution in [0.25, 0.3) is 11.3 Å². The Kier molecular flexibility index (Phi) is 8.14. The molecule has 0 spiro atoms. The van der Waals surface area contributed by atoms with E-state index in [1.54, 1.807) is 32.5 Å². The Balaban J connectivity index is 1.81. The predicted molar refractivity (Wildman–Crippen MR) is 124 cm³/mol. The zero-order chi connectivity index (χ0) is 23.8. The molecule has 1 atom stereocenters. The first kappa shape index (κ1) is 23.9. The number of aliphatic carboxylic acids is 1. The van der Waals surface area contributed by atoms with Crippen LogP contribution in [0.5, 0.6) is 11.5 Å². The summed E-state index contributed by atoms with van der Waals surface area (Å²) in [5.41, 5.74) is 9.70. The van der Waals surface area contributed by atoms with Gasteiger partial charge in [-0.15, -0.1) is 0 Å². The highest BCUT2D eigenvalue weighted by atomic mass is 16.5. The standard InChI is InChI=1S/C23H27N5O5/c1-32-20-10-17(9-16(11-24)21(20)33-2)27-23-25-7-6-18(28-23)15-5-3-4-14(8-15)12-26-19(13-29)22(30)31/h3-10,19,26,29H,11-13,24H2,1-2H3,(H,30,31)(H,25,27,28). The molecule has 0 amide bonds. The fourth-order valence-electron chi connectivity index (χ4n) is 3.29. The molecule has 0 saturated carbocycles. The molecule has 3 rings (SSSR count). The number of nitrogens with zero attached hydrogens (tertiary/aromatic N) is 2. The Labute approximate surface area is 191 Å². The van der Waals surface area contributed by atoms with Crippen molar-refractivity contribution in [3.05, 3.63) is 59.8 Å². The number of nitrogens with one attached hydrogen (secondary N) is 2. The fourth-order valence-corrected chi connectivity index (χ4v) is 3.29. The Hall–Kier alpha value is -3.73. The summed E-state index contributed by atoms with van der Waals surface area (Å²) in [6, 6.07) is 11.9. The first-order valence-electron chi connectivity index (χ1n) is 10.2. The van der Waals surface area contributed by atoms with E-state index in [1.807, 2.05) is 30.3 Å². The highest BCUT2D eigenvalue weighted by molar-refractivity contribution is 5.73. The van der Waals surface area contributed by atoms with Gasteiger partial charge < -0.3 is 30.7 Å². The number of carboxylic acids is 1. The minimum atomic E-state index is -1.10. The molecule has 2 aromatic carbocycles. The molecule has 174 valence electrons. The molecule has 3 aromatic rings. The summed E-state index contributed by atoms with van der Waals surface area (Å²) < 4.78 is 10.8. The lowest BCUT2D eigenvalue weighted by Crippen LogP contribution is -2.39. The number of carbonyl (C=O) groups is 1. The maximum absolute atomic E-state index is 11.1. The lowest BCUT2D eigenvalue weighted by molar-refractivity contribution is -0.140. The van der Waals surface area contributed by atoms with E-state index in [9.17, 15) is 4.79 Å². The topological polar surface area (TPSA) is 152 Å². The molecule has 10 nitrogen and oxygen atoms in total. The number of anilines is 2. The number of ether oxygens (including phenoxy) is 2. The quantitative estimate of drug-likeness (QED) is 0.291. The van der Waals surface area contributed by atoms with Crippen molar-refractivity contribution < 1.29 is 24.5 Å². The van der Waals surface area contributed by atoms with Gasteiger partial charge in [0.2, 0.25) is 5.95 Å². The van der Waals surface area contributed by atoms with Crippen molar-refractivity contribution in [2.75, 3.05) is 26.1 Å². The number of aromatic nitrogens is 2. The summed E-state index contributed by atoms with van der Waals surface area (Å²) in [6.45, 7) is 0.0723. The molecule has 0 fully saturated rings. The van der Waals surface area contributed by atoms with Crippen molar-refractivity contribution in [1.82, 2.24) is 15.3 Å². The van der Waals surface area contributed by atoms with Gasteiger partial charge in [0.25, 0.3) is 0 Å². The highest BCUT2D eigenvalue weighted by Gasteiger charge is 2.15. The van der Waals surface area contributed by atoms with E-state index in [4.69, 9.17) is 25.4 Å². The maximum atomic E-state index is 11.1. The van der Waals surface area contributed by atoms with Crippen LogP contribution in [0.2, 0.25) is 0 Å². The van der Waals surface area contributed by atoms with Gasteiger partial charge in [-0.2, -0.15) is 0 Å².